The molecule has 0 heterocycles. The topological polar surface area (TPSA) is 26.0 Å². The van der Waals surface area contributed by atoms with Gasteiger partial charge in [0.25, 0.3) is 0 Å². The Morgan fingerprint density at radius 3 is 2.85 bits per heavy atom. The molecular formula is C10H14FNS. The third kappa shape index (κ3) is 2.71. The lowest BCUT2D eigenvalue weighted by atomic mass is 10.1. The first kappa shape index (κ1) is 10.5. The molecule has 0 aromatic heterocycles. The van der Waals surface area contributed by atoms with Crippen molar-refractivity contribution >= 4 is 11.8 Å². The summed E-state index contributed by atoms with van der Waals surface area (Å²) in [6, 6.07) is 5.21. The van der Waals surface area contributed by atoms with Gasteiger partial charge in [-0.25, -0.2) is 4.39 Å². The van der Waals surface area contributed by atoms with Crippen LogP contribution < -0.4 is 5.73 Å². The molecule has 1 aromatic carbocycles. The van der Waals surface area contributed by atoms with E-state index in [-0.39, 0.29) is 5.82 Å². The van der Waals surface area contributed by atoms with Gasteiger partial charge in [-0.3, -0.25) is 0 Å². The van der Waals surface area contributed by atoms with Crippen molar-refractivity contribution in [1.29, 1.82) is 0 Å². The van der Waals surface area contributed by atoms with E-state index in [0.717, 1.165) is 23.3 Å². The van der Waals surface area contributed by atoms with Crippen LogP contribution in [0.1, 0.15) is 12.0 Å². The Labute approximate surface area is 82.5 Å². The minimum atomic E-state index is -0.123. The minimum Gasteiger partial charge on any atom is -0.330 e. The first-order valence-electron chi connectivity index (χ1n) is 4.31. The first-order chi connectivity index (χ1) is 6.29. The fourth-order valence-electron chi connectivity index (χ4n) is 1.27. The number of hydrogen-bond donors (Lipinski definition) is 1. The quantitative estimate of drug-likeness (QED) is 0.754. The van der Waals surface area contributed by atoms with Crippen LogP contribution in [0.5, 0.6) is 0 Å². The molecule has 2 N–H and O–H groups in total. The highest BCUT2D eigenvalue weighted by Crippen LogP contribution is 2.24. The molecule has 0 amide bonds. The van der Waals surface area contributed by atoms with E-state index in [2.05, 4.69) is 0 Å². The SMILES string of the molecule is CSc1c(F)cccc1CCCN. The second-order valence-electron chi connectivity index (χ2n) is 2.82. The molecule has 0 radical (unpaired) electrons. The van der Waals surface area contributed by atoms with Crippen molar-refractivity contribution in [2.24, 2.45) is 5.73 Å². The number of aryl methyl sites for hydroxylation is 1. The number of hydrogen-bond acceptors (Lipinski definition) is 2. The maximum Gasteiger partial charge on any atom is 0.137 e. The van der Waals surface area contributed by atoms with Crippen LogP contribution in [0.3, 0.4) is 0 Å². The van der Waals surface area contributed by atoms with E-state index in [4.69, 9.17) is 5.73 Å². The molecule has 0 fully saturated rings. The van der Waals surface area contributed by atoms with E-state index in [0.29, 0.717) is 6.54 Å². The van der Waals surface area contributed by atoms with Crippen LogP contribution in [0.25, 0.3) is 0 Å². The number of nitrogens with two attached hydrogens (primary N) is 1. The summed E-state index contributed by atoms with van der Waals surface area (Å²) in [4.78, 5) is 0.760. The average molecular weight is 199 g/mol. The Kier molecular flexibility index (Phi) is 4.25. The third-order valence-corrected chi connectivity index (χ3v) is 2.77. The summed E-state index contributed by atoms with van der Waals surface area (Å²) in [6.07, 6.45) is 3.67. The molecule has 0 aliphatic rings. The van der Waals surface area contributed by atoms with Crippen molar-refractivity contribution in [2.75, 3.05) is 12.8 Å². The average Bonchev–Trinajstić information content (AvgIpc) is 2.15. The van der Waals surface area contributed by atoms with Gasteiger partial charge in [0.1, 0.15) is 5.82 Å². The van der Waals surface area contributed by atoms with E-state index in [1.54, 1.807) is 6.07 Å². The number of rotatable bonds is 4. The zero-order valence-corrected chi connectivity index (χ0v) is 8.53. The molecule has 1 nitrogen and oxygen atoms in total. The first-order valence-corrected chi connectivity index (χ1v) is 5.53. The summed E-state index contributed by atoms with van der Waals surface area (Å²) < 4.78 is 13.2. The van der Waals surface area contributed by atoms with E-state index < -0.39 is 0 Å². The second kappa shape index (κ2) is 5.25. The lowest BCUT2D eigenvalue weighted by Gasteiger charge is -2.06. The van der Waals surface area contributed by atoms with Crippen molar-refractivity contribution < 1.29 is 4.39 Å². The second-order valence-corrected chi connectivity index (χ2v) is 3.64. The van der Waals surface area contributed by atoms with Gasteiger partial charge in [-0.1, -0.05) is 12.1 Å². The van der Waals surface area contributed by atoms with Gasteiger partial charge in [0.05, 0.1) is 0 Å². The smallest absolute Gasteiger partial charge is 0.137 e. The lowest BCUT2D eigenvalue weighted by molar-refractivity contribution is 0.596. The molecule has 0 aliphatic carbocycles. The van der Waals surface area contributed by atoms with Gasteiger partial charge in [-0.2, -0.15) is 0 Å². The summed E-state index contributed by atoms with van der Waals surface area (Å²) in [5.74, 6) is -0.123. The highest BCUT2D eigenvalue weighted by Gasteiger charge is 2.05. The maximum atomic E-state index is 13.2. The Balaban J connectivity index is 2.85. The van der Waals surface area contributed by atoms with Gasteiger partial charge in [-0.05, 0) is 37.3 Å². The van der Waals surface area contributed by atoms with Crippen LogP contribution in [0.15, 0.2) is 23.1 Å². The van der Waals surface area contributed by atoms with Crippen LogP contribution in [0, 0.1) is 5.82 Å². The summed E-state index contributed by atoms with van der Waals surface area (Å²) in [5.41, 5.74) is 6.47. The molecule has 0 saturated carbocycles. The highest BCUT2D eigenvalue weighted by atomic mass is 32.2. The van der Waals surface area contributed by atoms with Gasteiger partial charge in [0.2, 0.25) is 0 Å². The summed E-state index contributed by atoms with van der Waals surface area (Å²) in [6.45, 7) is 0.657. The molecule has 0 unspecified atom stereocenters. The molecule has 0 saturated heterocycles. The van der Waals surface area contributed by atoms with Gasteiger partial charge in [0, 0.05) is 4.90 Å². The van der Waals surface area contributed by atoms with E-state index in [9.17, 15) is 4.39 Å². The molecule has 1 aromatic rings. The largest absolute Gasteiger partial charge is 0.330 e. The van der Waals surface area contributed by atoms with E-state index in [1.807, 2.05) is 12.3 Å². The van der Waals surface area contributed by atoms with Crippen molar-refractivity contribution in [2.45, 2.75) is 17.7 Å². The van der Waals surface area contributed by atoms with Gasteiger partial charge in [0.15, 0.2) is 0 Å². The minimum absolute atomic E-state index is 0.123. The molecule has 1 rings (SSSR count). The summed E-state index contributed by atoms with van der Waals surface area (Å²) >= 11 is 1.46. The highest BCUT2D eigenvalue weighted by molar-refractivity contribution is 7.98. The summed E-state index contributed by atoms with van der Waals surface area (Å²) in [5, 5.41) is 0. The number of thioether (sulfide) groups is 1. The Morgan fingerprint density at radius 1 is 1.46 bits per heavy atom. The predicted molar refractivity (Wildman–Crippen MR) is 55.6 cm³/mol. The molecule has 0 bridgehead atoms. The van der Waals surface area contributed by atoms with E-state index >= 15 is 0 Å². The molecule has 3 heteroatoms. The Morgan fingerprint density at radius 2 is 2.23 bits per heavy atom. The van der Waals surface area contributed by atoms with Crippen molar-refractivity contribution in [3.8, 4) is 0 Å². The molecule has 0 spiro atoms. The third-order valence-electron chi connectivity index (χ3n) is 1.90. The zero-order chi connectivity index (χ0) is 9.68. The number of benzene rings is 1. The number of halogens is 1. The zero-order valence-electron chi connectivity index (χ0n) is 7.72. The van der Waals surface area contributed by atoms with Gasteiger partial charge in [-0.15, -0.1) is 11.8 Å². The fourth-order valence-corrected chi connectivity index (χ4v) is 1.97. The van der Waals surface area contributed by atoms with Crippen molar-refractivity contribution in [3.05, 3.63) is 29.6 Å². The monoisotopic (exact) mass is 199 g/mol. The van der Waals surface area contributed by atoms with Crippen LogP contribution in [0.2, 0.25) is 0 Å². The summed E-state index contributed by atoms with van der Waals surface area (Å²) in [7, 11) is 0. The van der Waals surface area contributed by atoms with Crippen LogP contribution in [-0.4, -0.2) is 12.8 Å². The van der Waals surface area contributed by atoms with Crippen molar-refractivity contribution in [3.63, 3.8) is 0 Å². The van der Waals surface area contributed by atoms with Crippen LogP contribution in [0.4, 0.5) is 4.39 Å². The standard InChI is InChI=1S/C10H14FNS/c1-13-10-8(5-3-7-12)4-2-6-9(10)11/h2,4,6H,3,5,7,12H2,1H3. The Hall–Kier alpha value is -0.540. The van der Waals surface area contributed by atoms with Crippen LogP contribution >= 0.6 is 11.8 Å². The molecular weight excluding hydrogens is 185 g/mol. The molecule has 13 heavy (non-hydrogen) atoms. The predicted octanol–water partition coefficient (Wildman–Crippen LogP) is 2.44. The van der Waals surface area contributed by atoms with E-state index in [1.165, 1.54) is 17.8 Å². The van der Waals surface area contributed by atoms with Gasteiger partial charge < -0.3 is 5.73 Å². The van der Waals surface area contributed by atoms with Crippen molar-refractivity contribution in [1.82, 2.24) is 0 Å². The fraction of sp³-hybridized carbons (Fsp3) is 0.400. The maximum absolute atomic E-state index is 13.2. The molecule has 72 valence electrons. The van der Waals surface area contributed by atoms with Crippen LogP contribution in [-0.2, 0) is 6.42 Å². The Bertz CT molecular complexity index is 276. The molecule has 0 atom stereocenters. The normalized spacial score (nSPS) is 10.4. The lowest BCUT2D eigenvalue weighted by Crippen LogP contribution is -2.01. The molecule has 0 aliphatic heterocycles. The van der Waals surface area contributed by atoms with Gasteiger partial charge >= 0.3 is 0 Å².